The topological polar surface area (TPSA) is 58.1 Å². The van der Waals surface area contributed by atoms with Gasteiger partial charge in [0.25, 0.3) is 0 Å². The summed E-state index contributed by atoms with van der Waals surface area (Å²) in [7, 11) is 0. The summed E-state index contributed by atoms with van der Waals surface area (Å²) < 4.78 is 0. The average Bonchev–Trinajstić information content (AvgIpc) is 2.73. The van der Waals surface area contributed by atoms with Crippen molar-refractivity contribution in [1.29, 1.82) is 0 Å². The van der Waals surface area contributed by atoms with Gasteiger partial charge in [-0.2, -0.15) is 0 Å². The summed E-state index contributed by atoms with van der Waals surface area (Å²) in [5.74, 6) is 1.91. The maximum atomic E-state index is 13.0. The highest BCUT2D eigenvalue weighted by atomic mass is 16.1. The van der Waals surface area contributed by atoms with Gasteiger partial charge in [0.2, 0.25) is 0 Å². The van der Waals surface area contributed by atoms with Crippen LogP contribution in [0.1, 0.15) is 56.7 Å². The van der Waals surface area contributed by atoms with Gasteiger partial charge in [-0.25, -0.2) is 9.97 Å². The van der Waals surface area contributed by atoms with Crippen molar-refractivity contribution in [2.75, 3.05) is 31.1 Å². The van der Waals surface area contributed by atoms with Crippen LogP contribution in [0.3, 0.4) is 0 Å². The third-order valence-electron chi connectivity index (χ3n) is 5.38. The molecule has 2 heterocycles. The Bertz CT molecular complexity index is 785. The Morgan fingerprint density at radius 3 is 2.46 bits per heavy atom. The number of aromatic nitrogens is 2. The van der Waals surface area contributed by atoms with Crippen molar-refractivity contribution in [3.63, 3.8) is 0 Å². The van der Waals surface area contributed by atoms with Gasteiger partial charge in [0.15, 0.2) is 5.82 Å². The van der Waals surface area contributed by atoms with Crippen molar-refractivity contribution in [2.45, 2.75) is 52.4 Å². The number of carbonyl (C=O) groups is 1. The minimum Gasteiger partial charge on any atom is -0.354 e. The first-order valence-corrected chi connectivity index (χ1v) is 10.6. The number of nitrogens with one attached hydrogen (secondary N) is 1. The van der Waals surface area contributed by atoms with E-state index in [1.165, 1.54) is 0 Å². The van der Waals surface area contributed by atoms with E-state index in [-0.39, 0.29) is 5.92 Å². The summed E-state index contributed by atoms with van der Waals surface area (Å²) in [4.78, 5) is 25.2. The van der Waals surface area contributed by atoms with Crippen LogP contribution in [-0.4, -0.2) is 41.9 Å². The molecule has 1 aliphatic heterocycles. The van der Waals surface area contributed by atoms with E-state index in [2.05, 4.69) is 24.1 Å². The number of nitrogens with zero attached hydrogens (tertiary/aromatic N) is 3. The molecule has 1 aromatic carbocycles. The van der Waals surface area contributed by atoms with Crippen LogP contribution in [0.4, 0.5) is 5.82 Å². The molecular formula is C23H32N4O. The van der Waals surface area contributed by atoms with Gasteiger partial charge in [0.1, 0.15) is 11.6 Å². The van der Waals surface area contributed by atoms with Crippen LogP contribution in [0.15, 0.2) is 30.3 Å². The van der Waals surface area contributed by atoms with E-state index in [1.54, 1.807) is 0 Å². The zero-order chi connectivity index (χ0) is 19.9. The Balaban J connectivity index is 2.12. The summed E-state index contributed by atoms with van der Waals surface area (Å²) >= 11 is 0. The molecule has 1 aromatic heterocycles. The molecule has 5 heteroatoms. The Kier molecular flexibility index (Phi) is 7.15. The van der Waals surface area contributed by atoms with Crippen LogP contribution in [-0.2, 0) is 4.79 Å². The lowest BCUT2D eigenvalue weighted by atomic mass is 9.87. The molecule has 1 saturated heterocycles. The van der Waals surface area contributed by atoms with Gasteiger partial charge in [-0.15, -0.1) is 0 Å². The highest BCUT2D eigenvalue weighted by Gasteiger charge is 2.29. The minimum atomic E-state index is -0.111. The molecular weight excluding hydrogens is 348 g/mol. The highest BCUT2D eigenvalue weighted by molar-refractivity contribution is 5.87. The number of aryl methyl sites for hydroxylation is 1. The molecule has 0 aliphatic carbocycles. The maximum Gasteiger partial charge on any atom is 0.161 e. The molecule has 1 N–H and O–H groups in total. The van der Waals surface area contributed by atoms with Gasteiger partial charge >= 0.3 is 0 Å². The first-order chi connectivity index (χ1) is 13.7. The quantitative estimate of drug-likeness (QED) is 0.747. The molecule has 5 nitrogen and oxygen atoms in total. The molecule has 0 amide bonds. The predicted molar refractivity (Wildman–Crippen MR) is 115 cm³/mol. The average molecular weight is 381 g/mol. The Morgan fingerprint density at radius 1 is 1.11 bits per heavy atom. The van der Waals surface area contributed by atoms with Gasteiger partial charge < -0.3 is 10.2 Å². The normalized spacial score (nSPS) is 15.5. The van der Waals surface area contributed by atoms with Crippen LogP contribution < -0.4 is 10.2 Å². The van der Waals surface area contributed by atoms with Crippen molar-refractivity contribution in [2.24, 2.45) is 0 Å². The number of anilines is 1. The standard InChI is InChI=1S/C23H32N4O/c1-4-9-19(20(28)10-5-2)21-17(3)25-22(18-11-7-6-8-12-18)26-23(21)27-15-13-24-14-16-27/h6-8,11-12,19,24H,4-5,9-10,13-16H2,1-3H3. The van der Waals surface area contributed by atoms with Crippen molar-refractivity contribution < 1.29 is 4.79 Å². The van der Waals surface area contributed by atoms with Gasteiger partial charge in [0.05, 0.1) is 0 Å². The minimum absolute atomic E-state index is 0.111. The highest BCUT2D eigenvalue weighted by Crippen LogP contribution is 2.35. The van der Waals surface area contributed by atoms with Gasteiger partial charge in [0, 0.05) is 55.3 Å². The van der Waals surface area contributed by atoms with E-state index in [9.17, 15) is 4.79 Å². The Hall–Kier alpha value is -2.27. The van der Waals surface area contributed by atoms with Gasteiger partial charge in [-0.1, -0.05) is 50.6 Å². The SMILES string of the molecule is CCCC(=O)C(CCC)c1c(C)nc(-c2ccccc2)nc1N1CCNCC1. The number of rotatable bonds is 8. The molecule has 2 aromatic rings. The van der Waals surface area contributed by atoms with Crippen LogP contribution in [0, 0.1) is 6.92 Å². The van der Waals surface area contributed by atoms with E-state index in [0.29, 0.717) is 12.2 Å². The molecule has 0 radical (unpaired) electrons. The van der Waals surface area contributed by atoms with Gasteiger partial charge in [-0.3, -0.25) is 4.79 Å². The fourth-order valence-electron chi connectivity index (χ4n) is 3.98. The van der Waals surface area contributed by atoms with Crippen molar-refractivity contribution >= 4 is 11.6 Å². The van der Waals surface area contributed by atoms with Crippen LogP contribution >= 0.6 is 0 Å². The number of Topliss-reactive ketones (excluding diaryl/α,β-unsaturated/α-hetero) is 1. The Labute approximate surface area is 168 Å². The van der Waals surface area contributed by atoms with Crippen molar-refractivity contribution in [1.82, 2.24) is 15.3 Å². The molecule has 1 atom stereocenters. The molecule has 28 heavy (non-hydrogen) atoms. The number of hydrogen-bond donors (Lipinski definition) is 1. The summed E-state index contributed by atoms with van der Waals surface area (Å²) in [5.41, 5.74) is 2.99. The molecule has 0 spiro atoms. The lowest BCUT2D eigenvalue weighted by molar-refractivity contribution is -0.120. The number of ketones is 1. The molecule has 0 bridgehead atoms. The van der Waals surface area contributed by atoms with E-state index in [0.717, 1.165) is 73.9 Å². The van der Waals surface area contributed by atoms with Crippen molar-refractivity contribution in [3.05, 3.63) is 41.6 Å². The fourth-order valence-corrected chi connectivity index (χ4v) is 3.98. The first kappa shape index (κ1) is 20.5. The molecule has 3 rings (SSSR count). The number of benzene rings is 1. The van der Waals surface area contributed by atoms with Crippen LogP contribution in [0.25, 0.3) is 11.4 Å². The van der Waals surface area contributed by atoms with Crippen LogP contribution in [0.2, 0.25) is 0 Å². The summed E-state index contributed by atoms with van der Waals surface area (Å²) in [6, 6.07) is 10.1. The Morgan fingerprint density at radius 2 is 1.82 bits per heavy atom. The number of hydrogen-bond acceptors (Lipinski definition) is 5. The summed E-state index contributed by atoms with van der Waals surface area (Å²) in [6.45, 7) is 9.92. The maximum absolute atomic E-state index is 13.0. The van der Waals surface area contributed by atoms with Gasteiger partial charge in [-0.05, 0) is 19.8 Å². The monoisotopic (exact) mass is 380 g/mol. The zero-order valence-electron chi connectivity index (χ0n) is 17.4. The van der Waals surface area contributed by atoms with E-state index in [4.69, 9.17) is 9.97 Å². The largest absolute Gasteiger partial charge is 0.354 e. The summed E-state index contributed by atoms with van der Waals surface area (Å²) in [5, 5.41) is 3.41. The lowest BCUT2D eigenvalue weighted by Crippen LogP contribution is -2.44. The third-order valence-corrected chi connectivity index (χ3v) is 5.38. The van der Waals surface area contributed by atoms with Crippen molar-refractivity contribution in [3.8, 4) is 11.4 Å². The molecule has 150 valence electrons. The number of carbonyl (C=O) groups excluding carboxylic acids is 1. The lowest BCUT2D eigenvalue weighted by Gasteiger charge is -2.32. The molecule has 1 fully saturated rings. The second-order valence-electron chi connectivity index (χ2n) is 7.53. The zero-order valence-corrected chi connectivity index (χ0v) is 17.4. The van der Waals surface area contributed by atoms with Crippen LogP contribution in [0.5, 0.6) is 0 Å². The first-order valence-electron chi connectivity index (χ1n) is 10.6. The molecule has 1 unspecified atom stereocenters. The smallest absolute Gasteiger partial charge is 0.161 e. The fraction of sp³-hybridized carbons (Fsp3) is 0.522. The second-order valence-corrected chi connectivity index (χ2v) is 7.53. The van der Waals surface area contributed by atoms with E-state index in [1.807, 2.05) is 37.3 Å². The molecule has 1 aliphatic rings. The number of piperazine rings is 1. The molecule has 0 saturated carbocycles. The summed E-state index contributed by atoms with van der Waals surface area (Å²) in [6.07, 6.45) is 3.32. The van der Waals surface area contributed by atoms with E-state index < -0.39 is 0 Å². The second kappa shape index (κ2) is 9.78. The third kappa shape index (κ3) is 4.58. The predicted octanol–water partition coefficient (Wildman–Crippen LogP) is 4.11. The van der Waals surface area contributed by atoms with E-state index >= 15 is 0 Å².